The van der Waals surface area contributed by atoms with E-state index in [1.807, 2.05) is 0 Å². The summed E-state index contributed by atoms with van der Waals surface area (Å²) in [6, 6.07) is 0. The van der Waals surface area contributed by atoms with Gasteiger partial charge in [0.2, 0.25) is 0 Å². The highest BCUT2D eigenvalue weighted by Crippen LogP contribution is 2.17. The fourth-order valence-corrected chi connectivity index (χ4v) is 2.76. The van der Waals surface area contributed by atoms with Gasteiger partial charge in [-0.1, -0.05) is 33.7 Å². The third-order valence-corrected chi connectivity index (χ3v) is 3.76. The van der Waals surface area contributed by atoms with Crippen LogP contribution in [0.25, 0.3) is 0 Å². The number of halogens is 1. The van der Waals surface area contributed by atoms with Gasteiger partial charge in [-0.2, -0.15) is 0 Å². The van der Waals surface area contributed by atoms with E-state index in [-0.39, 0.29) is 20.7 Å². The predicted octanol–water partition coefficient (Wildman–Crippen LogP) is 3.01. The van der Waals surface area contributed by atoms with E-state index < -0.39 is 0 Å². The van der Waals surface area contributed by atoms with Crippen LogP contribution in [0.3, 0.4) is 0 Å². The zero-order valence-electron chi connectivity index (χ0n) is 5.82. The van der Waals surface area contributed by atoms with Crippen molar-refractivity contribution in [3.63, 3.8) is 0 Å². The SMILES string of the molecule is CCC1=CI=CC(C)=C1. The Morgan fingerprint density at radius 3 is 2.78 bits per heavy atom. The molecule has 1 aliphatic rings. The van der Waals surface area contributed by atoms with E-state index in [0.29, 0.717) is 0 Å². The first kappa shape index (κ1) is 7.19. The maximum absolute atomic E-state index is 2.39. The van der Waals surface area contributed by atoms with Crippen molar-refractivity contribution in [1.29, 1.82) is 0 Å². The largest absolute Gasteiger partial charge is 0.0932 e. The van der Waals surface area contributed by atoms with Crippen LogP contribution in [-0.2, 0) is 0 Å². The number of allylic oxidation sites excluding steroid dienone is 3. The smallest absolute Gasteiger partial charge is 0.0254 e. The molecule has 0 radical (unpaired) electrons. The van der Waals surface area contributed by atoms with Crippen molar-refractivity contribution in [1.82, 2.24) is 0 Å². The molecule has 1 heteroatoms. The third kappa shape index (κ3) is 2.05. The van der Waals surface area contributed by atoms with Gasteiger partial charge in [-0.25, -0.2) is 0 Å². The average Bonchev–Trinajstić information content (AvgIpc) is 1.88. The Kier molecular flexibility index (Phi) is 2.64. The van der Waals surface area contributed by atoms with Gasteiger partial charge in [0.05, 0.1) is 0 Å². The van der Waals surface area contributed by atoms with Crippen molar-refractivity contribution in [2.24, 2.45) is 0 Å². The minimum atomic E-state index is 0.273. The molecule has 0 spiro atoms. The Morgan fingerprint density at radius 2 is 2.33 bits per heavy atom. The lowest BCUT2D eigenvalue weighted by Gasteiger charge is -2.00. The zero-order valence-corrected chi connectivity index (χ0v) is 7.97. The van der Waals surface area contributed by atoms with Gasteiger partial charge >= 0.3 is 0 Å². The highest BCUT2D eigenvalue weighted by Gasteiger charge is 1.92. The average molecular weight is 234 g/mol. The molecule has 0 aliphatic carbocycles. The monoisotopic (exact) mass is 234 g/mol. The van der Waals surface area contributed by atoms with Gasteiger partial charge in [-0.05, 0) is 32.6 Å². The molecule has 1 heterocycles. The number of rotatable bonds is 1. The molecule has 50 valence electrons. The molecule has 1 rings (SSSR count). The molecular formula is C8H11I. The normalized spacial score (nSPS) is 18.0. The molecule has 0 atom stereocenters. The zero-order chi connectivity index (χ0) is 6.69. The summed E-state index contributed by atoms with van der Waals surface area (Å²) in [5.74, 6) is 0. The van der Waals surface area contributed by atoms with Crippen LogP contribution in [0.2, 0.25) is 0 Å². The lowest BCUT2D eigenvalue weighted by molar-refractivity contribution is 1.15. The predicted molar refractivity (Wildman–Crippen MR) is 52.2 cm³/mol. The summed E-state index contributed by atoms with van der Waals surface area (Å²) in [6.07, 6.45) is 3.48. The van der Waals surface area contributed by atoms with Crippen molar-refractivity contribution in [3.8, 4) is 0 Å². The molecule has 0 saturated carbocycles. The Balaban J connectivity index is 2.78. The topological polar surface area (TPSA) is 0 Å². The summed E-state index contributed by atoms with van der Waals surface area (Å²) in [5.41, 5.74) is 2.99. The second-order valence-electron chi connectivity index (χ2n) is 2.16. The Labute approximate surface area is 66.4 Å². The van der Waals surface area contributed by atoms with Crippen LogP contribution >= 0.6 is 20.7 Å². The van der Waals surface area contributed by atoms with Crippen LogP contribution in [0.4, 0.5) is 0 Å². The van der Waals surface area contributed by atoms with Gasteiger partial charge in [0, 0.05) is 0 Å². The summed E-state index contributed by atoms with van der Waals surface area (Å²) in [4.78, 5) is 0. The van der Waals surface area contributed by atoms with E-state index in [2.05, 4.69) is 28.0 Å². The molecule has 0 aromatic carbocycles. The molecule has 0 saturated heterocycles. The second kappa shape index (κ2) is 3.30. The quantitative estimate of drug-likeness (QED) is 0.612. The van der Waals surface area contributed by atoms with E-state index in [1.54, 1.807) is 0 Å². The second-order valence-corrected chi connectivity index (χ2v) is 4.13. The van der Waals surface area contributed by atoms with Gasteiger partial charge in [0.1, 0.15) is 0 Å². The van der Waals surface area contributed by atoms with Gasteiger partial charge in [-0.3, -0.25) is 0 Å². The molecule has 0 amide bonds. The summed E-state index contributed by atoms with van der Waals surface area (Å²) in [7, 11) is 0. The Hall–Kier alpha value is 0.0800. The van der Waals surface area contributed by atoms with Gasteiger partial charge < -0.3 is 0 Å². The minimum Gasteiger partial charge on any atom is -0.0932 e. The van der Waals surface area contributed by atoms with Crippen molar-refractivity contribution in [2.45, 2.75) is 20.3 Å². The van der Waals surface area contributed by atoms with Gasteiger partial charge in [0.15, 0.2) is 0 Å². The molecule has 0 N–H and O–H groups in total. The maximum atomic E-state index is 2.39. The van der Waals surface area contributed by atoms with Crippen LogP contribution in [-0.4, -0.2) is 4.01 Å². The molecule has 9 heavy (non-hydrogen) atoms. The Morgan fingerprint density at radius 1 is 1.56 bits per heavy atom. The molecule has 0 unspecified atom stereocenters. The molecular weight excluding hydrogens is 223 g/mol. The summed E-state index contributed by atoms with van der Waals surface area (Å²) in [6.45, 7) is 4.40. The maximum Gasteiger partial charge on any atom is -0.0254 e. The first-order valence-corrected chi connectivity index (χ1v) is 5.64. The van der Waals surface area contributed by atoms with Crippen molar-refractivity contribution in [2.75, 3.05) is 0 Å². The van der Waals surface area contributed by atoms with Crippen LogP contribution < -0.4 is 0 Å². The van der Waals surface area contributed by atoms with Crippen LogP contribution in [0.1, 0.15) is 20.3 Å². The fourth-order valence-electron chi connectivity index (χ4n) is 0.746. The molecule has 0 aromatic rings. The molecule has 1 aliphatic heterocycles. The van der Waals surface area contributed by atoms with Crippen LogP contribution in [0.15, 0.2) is 21.3 Å². The minimum absolute atomic E-state index is 0.273. The molecule has 0 aromatic heterocycles. The van der Waals surface area contributed by atoms with Crippen molar-refractivity contribution in [3.05, 3.63) is 21.3 Å². The van der Waals surface area contributed by atoms with Gasteiger partial charge in [0.25, 0.3) is 0 Å². The first-order valence-electron chi connectivity index (χ1n) is 3.15. The van der Waals surface area contributed by atoms with E-state index in [0.717, 1.165) is 0 Å². The molecule has 0 bridgehead atoms. The van der Waals surface area contributed by atoms with Crippen LogP contribution in [0, 0.1) is 0 Å². The lowest BCUT2D eigenvalue weighted by atomic mass is 10.2. The number of hydrogen-bond acceptors (Lipinski definition) is 0. The van der Waals surface area contributed by atoms with Gasteiger partial charge in [-0.15, -0.1) is 0 Å². The summed E-state index contributed by atoms with van der Waals surface area (Å²) in [5, 5.41) is 0. The van der Waals surface area contributed by atoms with Crippen LogP contribution in [0.5, 0.6) is 0 Å². The van der Waals surface area contributed by atoms with E-state index in [4.69, 9.17) is 0 Å². The first-order chi connectivity index (χ1) is 4.33. The van der Waals surface area contributed by atoms with Crippen molar-refractivity contribution >= 4 is 24.7 Å². The van der Waals surface area contributed by atoms with E-state index in [1.165, 1.54) is 17.6 Å². The van der Waals surface area contributed by atoms with E-state index >= 15 is 0 Å². The van der Waals surface area contributed by atoms with Crippen molar-refractivity contribution < 1.29 is 0 Å². The van der Waals surface area contributed by atoms with E-state index in [9.17, 15) is 0 Å². The highest BCUT2D eigenvalue weighted by atomic mass is 127. The lowest BCUT2D eigenvalue weighted by Crippen LogP contribution is -1.81. The standard InChI is InChI=1S/C8H11I/c1-3-8-4-7(2)5-9-6-8/h4-6H,3H2,1-2H3. The molecule has 0 nitrogen and oxygen atoms in total. The number of hydrogen-bond donors (Lipinski definition) is 0. The third-order valence-electron chi connectivity index (χ3n) is 1.26. The summed E-state index contributed by atoms with van der Waals surface area (Å²) >= 11 is 0.273. The molecule has 0 fully saturated rings. The Bertz CT molecular complexity index is 185. The summed E-state index contributed by atoms with van der Waals surface area (Å²) < 4.78 is 4.75. The fraction of sp³-hybridized carbons (Fsp3) is 0.375. The highest BCUT2D eigenvalue weighted by molar-refractivity contribution is 14.2.